The van der Waals surface area contributed by atoms with Crippen LogP contribution in [0, 0.1) is 0 Å². The van der Waals surface area contributed by atoms with Crippen LogP contribution in [0.3, 0.4) is 0 Å². The van der Waals surface area contributed by atoms with Crippen molar-refractivity contribution in [3.63, 3.8) is 0 Å². The number of rotatable bonds is 14. The Morgan fingerprint density at radius 1 is 0.340 bits per heavy atom. The maximum Gasteiger partial charge on any atom is 0.387 e. The summed E-state index contributed by atoms with van der Waals surface area (Å²) in [4.78, 5) is 0. The molecule has 0 N–H and O–H groups in total. The molecule has 0 saturated heterocycles. The van der Waals surface area contributed by atoms with Crippen LogP contribution in [-0.4, -0.2) is 25.2 Å². The number of allylic oxidation sites excluding steroid dienone is 2. The van der Waals surface area contributed by atoms with Crippen molar-refractivity contribution in [2.24, 2.45) is 0 Å². The van der Waals surface area contributed by atoms with Gasteiger partial charge in [-0.05, 0) is 43.2 Å². The largest absolute Gasteiger partial charge is 0.422 e. The van der Waals surface area contributed by atoms with E-state index in [9.17, 15) is 0 Å². The fourth-order valence-corrected chi connectivity index (χ4v) is 22.4. The monoisotopic (exact) mass is 660 g/mol. The Hall–Kier alpha value is -4.63. The summed E-state index contributed by atoms with van der Waals surface area (Å²) in [5.74, 6) is 0. The maximum absolute atomic E-state index is 8.24. The van der Waals surface area contributed by atoms with Crippen molar-refractivity contribution in [2.75, 3.05) is 0 Å². The summed E-state index contributed by atoms with van der Waals surface area (Å²) in [5, 5.41) is 6.91. The van der Waals surface area contributed by atoms with Crippen LogP contribution in [0.2, 0.25) is 12.1 Å². The first-order valence-electron chi connectivity index (χ1n) is 16.1. The Bertz CT molecular complexity index is 1630. The Kier molecular flexibility index (Phi) is 10.2. The topological polar surface area (TPSA) is 18.5 Å². The van der Waals surface area contributed by atoms with Crippen LogP contribution in [0.15, 0.2) is 207 Å². The quantitative estimate of drug-likeness (QED) is 0.103. The van der Waals surface area contributed by atoms with Gasteiger partial charge < -0.3 is 8.23 Å². The van der Waals surface area contributed by atoms with Gasteiger partial charge in [-0.25, -0.2) is 0 Å². The first-order valence-corrected chi connectivity index (χ1v) is 22.2. The Balaban J connectivity index is 1.73. The van der Waals surface area contributed by atoms with Gasteiger partial charge in [0.05, 0.1) is 0 Å². The highest BCUT2D eigenvalue weighted by molar-refractivity contribution is 7.12. The molecule has 0 atom stereocenters. The van der Waals surface area contributed by atoms with Gasteiger partial charge in [-0.3, -0.25) is 0 Å². The van der Waals surface area contributed by atoms with Crippen molar-refractivity contribution in [2.45, 2.75) is 12.1 Å². The predicted octanol–water partition coefficient (Wildman–Crippen LogP) is 6.17. The molecule has 0 spiro atoms. The zero-order valence-electron chi connectivity index (χ0n) is 26.6. The lowest BCUT2D eigenvalue weighted by atomic mass is 10.4. The molecule has 0 radical (unpaired) electrons. The molecule has 5 heteroatoms. The van der Waals surface area contributed by atoms with Crippen molar-refractivity contribution >= 4 is 56.3 Å². The second kappa shape index (κ2) is 14.9. The third kappa shape index (κ3) is 6.49. The van der Waals surface area contributed by atoms with Crippen LogP contribution >= 0.6 is 0 Å². The average Bonchev–Trinajstić information content (AvgIpc) is 3.16. The molecule has 0 aliphatic heterocycles. The number of hydrogen-bond acceptors (Lipinski definition) is 2. The lowest BCUT2D eigenvalue weighted by Crippen LogP contribution is -2.79. The SMILES string of the molecule is C=CC[Si](O[Si](O[Si](CC=C)(c1ccccc1)c1ccccc1)(c1ccccc1)c1ccccc1)(c1ccccc1)c1ccccc1. The molecule has 0 aliphatic rings. The third-order valence-corrected chi connectivity index (χ3v) is 22.8. The third-order valence-electron chi connectivity index (χ3n) is 8.77. The molecular weight excluding hydrogens is 621 g/mol. The van der Waals surface area contributed by atoms with Crippen LogP contribution < -0.4 is 31.1 Å². The van der Waals surface area contributed by atoms with E-state index in [1.54, 1.807) is 0 Å². The van der Waals surface area contributed by atoms with Gasteiger partial charge in [0.25, 0.3) is 16.6 Å². The molecule has 0 aromatic heterocycles. The van der Waals surface area contributed by atoms with Gasteiger partial charge >= 0.3 is 8.56 Å². The Morgan fingerprint density at radius 3 is 0.766 bits per heavy atom. The molecule has 6 aromatic rings. The molecule has 0 amide bonds. The van der Waals surface area contributed by atoms with Gasteiger partial charge in [0.1, 0.15) is 0 Å². The minimum atomic E-state index is -3.60. The van der Waals surface area contributed by atoms with E-state index in [2.05, 4.69) is 195 Å². The minimum Gasteiger partial charge on any atom is -0.422 e. The lowest BCUT2D eigenvalue weighted by molar-refractivity contribution is 0.421. The van der Waals surface area contributed by atoms with Crippen molar-refractivity contribution in [1.82, 2.24) is 0 Å². The predicted molar refractivity (Wildman–Crippen MR) is 206 cm³/mol. The van der Waals surface area contributed by atoms with Gasteiger partial charge in [0, 0.05) is 0 Å². The van der Waals surface area contributed by atoms with E-state index in [1.807, 2.05) is 12.2 Å². The number of benzene rings is 6. The maximum atomic E-state index is 8.24. The summed E-state index contributed by atoms with van der Waals surface area (Å²) in [6.45, 7) is 8.59. The van der Waals surface area contributed by atoms with Crippen LogP contribution in [0.4, 0.5) is 0 Å². The summed E-state index contributed by atoms with van der Waals surface area (Å²) in [5.41, 5.74) is 0. The minimum absolute atomic E-state index is 0.686. The van der Waals surface area contributed by atoms with Crippen molar-refractivity contribution in [3.8, 4) is 0 Å². The van der Waals surface area contributed by atoms with Crippen LogP contribution in [-0.2, 0) is 8.23 Å². The van der Waals surface area contributed by atoms with E-state index >= 15 is 0 Å². The van der Waals surface area contributed by atoms with Gasteiger partial charge in [-0.15, -0.1) is 13.2 Å². The zero-order chi connectivity index (χ0) is 32.4. The summed E-state index contributed by atoms with van der Waals surface area (Å²) in [7, 11) is -9.71. The second-order valence-corrected chi connectivity index (χ2v) is 22.1. The van der Waals surface area contributed by atoms with E-state index in [-0.39, 0.29) is 0 Å². The van der Waals surface area contributed by atoms with Crippen molar-refractivity contribution < 1.29 is 8.23 Å². The summed E-state index contributed by atoms with van der Waals surface area (Å²) < 4.78 is 16.5. The van der Waals surface area contributed by atoms with Crippen LogP contribution in [0.5, 0.6) is 0 Å². The average molecular weight is 661 g/mol. The molecule has 232 valence electrons. The molecule has 6 aromatic carbocycles. The van der Waals surface area contributed by atoms with Gasteiger partial charge in [0.2, 0.25) is 0 Å². The molecule has 0 saturated carbocycles. The highest BCUT2D eigenvalue weighted by Crippen LogP contribution is 2.27. The van der Waals surface area contributed by atoms with Gasteiger partial charge in [-0.2, -0.15) is 0 Å². The van der Waals surface area contributed by atoms with Gasteiger partial charge in [0.15, 0.2) is 0 Å². The van der Waals surface area contributed by atoms with E-state index < -0.39 is 25.2 Å². The van der Waals surface area contributed by atoms with Crippen LogP contribution in [0.1, 0.15) is 0 Å². The van der Waals surface area contributed by atoms with E-state index in [1.165, 1.54) is 20.7 Å². The van der Waals surface area contributed by atoms with Crippen LogP contribution in [0.25, 0.3) is 0 Å². The highest BCUT2D eigenvalue weighted by Gasteiger charge is 2.56. The summed E-state index contributed by atoms with van der Waals surface area (Å²) >= 11 is 0. The molecule has 0 heterocycles. The fraction of sp³-hybridized carbons (Fsp3) is 0.0476. The van der Waals surface area contributed by atoms with Gasteiger partial charge in [-0.1, -0.05) is 194 Å². The van der Waals surface area contributed by atoms with Crippen molar-refractivity contribution in [3.05, 3.63) is 207 Å². The molecule has 0 fully saturated rings. The highest BCUT2D eigenvalue weighted by atomic mass is 28.5. The standard InChI is InChI=1S/C42H40O2Si3/c1-3-35-45(37-23-11-5-12-24-37,38-25-13-6-14-26-38)43-47(41-31-19-9-20-32-41,42-33-21-10-22-34-42)44-46(36-4-2,39-27-15-7-16-28-39)40-29-17-8-18-30-40/h3-34H,1-2,35-36H2. The first-order chi connectivity index (χ1) is 23.2. The fourth-order valence-electron chi connectivity index (χ4n) is 6.59. The van der Waals surface area contributed by atoms with E-state index in [0.717, 1.165) is 10.4 Å². The van der Waals surface area contributed by atoms with E-state index in [4.69, 9.17) is 8.23 Å². The molecular formula is C42H40O2Si3. The molecule has 0 aliphatic carbocycles. The molecule has 2 nitrogen and oxygen atoms in total. The first kappa shape index (κ1) is 32.3. The molecule has 47 heavy (non-hydrogen) atoms. The van der Waals surface area contributed by atoms with Crippen molar-refractivity contribution in [1.29, 1.82) is 0 Å². The molecule has 0 bridgehead atoms. The normalized spacial score (nSPS) is 11.9. The van der Waals surface area contributed by atoms with E-state index in [0.29, 0.717) is 12.1 Å². The summed E-state index contributed by atoms with van der Waals surface area (Å²) in [6.07, 6.45) is 4.06. The zero-order valence-corrected chi connectivity index (χ0v) is 29.6. The lowest BCUT2D eigenvalue weighted by Gasteiger charge is -2.47. The Labute approximate surface area is 282 Å². The summed E-state index contributed by atoms with van der Waals surface area (Å²) in [6, 6.07) is 65.8. The smallest absolute Gasteiger partial charge is 0.387 e. The molecule has 0 unspecified atom stereocenters. The molecule has 6 rings (SSSR count). The Morgan fingerprint density at radius 2 is 0.553 bits per heavy atom. The number of hydrogen-bond donors (Lipinski definition) is 0. The second-order valence-electron chi connectivity index (χ2n) is 11.7.